The molecule has 0 spiro atoms. The van der Waals surface area contributed by atoms with Crippen LogP contribution in [0.5, 0.6) is 0 Å². The third kappa shape index (κ3) is 3.40. The zero-order valence-corrected chi connectivity index (χ0v) is 16.7. The molecule has 1 N–H and O–H groups in total. The highest BCUT2D eigenvalue weighted by Crippen LogP contribution is 2.29. The SMILES string of the molecule is C[C@@H](NC(=O)c1cc2c(ccc3ccccc32)o1)c1ccc(C(C)(C)C)cc1. The Morgan fingerprint density at radius 3 is 2.36 bits per heavy atom. The molecule has 4 aromatic rings. The maximum Gasteiger partial charge on any atom is 0.287 e. The van der Waals surface area contributed by atoms with Gasteiger partial charge in [-0.15, -0.1) is 0 Å². The van der Waals surface area contributed by atoms with E-state index in [0.717, 1.165) is 27.3 Å². The second-order valence-corrected chi connectivity index (χ2v) is 8.38. The summed E-state index contributed by atoms with van der Waals surface area (Å²) in [6, 6.07) is 22.2. The molecule has 1 heterocycles. The van der Waals surface area contributed by atoms with Gasteiger partial charge in [-0.3, -0.25) is 4.79 Å². The van der Waals surface area contributed by atoms with Crippen molar-refractivity contribution in [2.75, 3.05) is 0 Å². The van der Waals surface area contributed by atoms with E-state index in [0.29, 0.717) is 5.76 Å². The van der Waals surface area contributed by atoms with Crippen LogP contribution in [0, 0.1) is 0 Å². The molecule has 3 aromatic carbocycles. The van der Waals surface area contributed by atoms with Crippen LogP contribution in [0.1, 0.15) is 55.4 Å². The molecule has 1 aromatic heterocycles. The van der Waals surface area contributed by atoms with Gasteiger partial charge in [0.05, 0.1) is 6.04 Å². The molecule has 0 aliphatic carbocycles. The lowest BCUT2D eigenvalue weighted by atomic mass is 9.86. The fraction of sp³-hybridized carbons (Fsp3) is 0.240. The number of furan rings is 1. The van der Waals surface area contributed by atoms with Crippen LogP contribution in [0.25, 0.3) is 21.7 Å². The minimum atomic E-state index is -0.201. The van der Waals surface area contributed by atoms with Gasteiger partial charge < -0.3 is 9.73 Å². The quantitative estimate of drug-likeness (QED) is 0.454. The maximum absolute atomic E-state index is 12.8. The summed E-state index contributed by atoms with van der Waals surface area (Å²) >= 11 is 0. The Hall–Kier alpha value is -3.07. The van der Waals surface area contributed by atoms with Gasteiger partial charge in [-0.25, -0.2) is 0 Å². The monoisotopic (exact) mass is 371 g/mol. The predicted molar refractivity (Wildman–Crippen MR) is 115 cm³/mol. The molecule has 0 bridgehead atoms. The standard InChI is InChI=1S/C25H25NO2/c1-16(17-9-12-19(13-10-17)25(2,3)4)26-24(27)23-15-21-20-8-6-5-7-18(20)11-14-22(21)28-23/h5-16H,1-4H3,(H,26,27)/t16-/m1/s1. The van der Waals surface area contributed by atoms with E-state index in [1.807, 2.05) is 43.3 Å². The third-order valence-corrected chi connectivity index (χ3v) is 5.27. The molecule has 3 heteroatoms. The fourth-order valence-electron chi connectivity index (χ4n) is 3.53. The summed E-state index contributed by atoms with van der Waals surface area (Å²) in [5.41, 5.74) is 3.19. The maximum atomic E-state index is 12.8. The fourth-order valence-corrected chi connectivity index (χ4v) is 3.53. The van der Waals surface area contributed by atoms with E-state index in [4.69, 9.17) is 4.42 Å². The van der Waals surface area contributed by atoms with Crippen LogP contribution in [0.2, 0.25) is 0 Å². The lowest BCUT2D eigenvalue weighted by Gasteiger charge is -2.20. The number of hydrogen-bond donors (Lipinski definition) is 1. The first kappa shape index (κ1) is 18.3. The first-order valence-corrected chi connectivity index (χ1v) is 9.65. The van der Waals surface area contributed by atoms with Crippen LogP contribution in [-0.2, 0) is 5.41 Å². The van der Waals surface area contributed by atoms with Crippen LogP contribution in [0.15, 0.2) is 71.1 Å². The van der Waals surface area contributed by atoms with Gasteiger partial charge >= 0.3 is 0 Å². The zero-order chi connectivity index (χ0) is 19.9. The van der Waals surface area contributed by atoms with E-state index in [1.165, 1.54) is 5.56 Å². The summed E-state index contributed by atoms with van der Waals surface area (Å²) in [6.07, 6.45) is 0. The Kier molecular flexibility index (Phi) is 4.46. The number of carbonyl (C=O) groups excluding carboxylic acids is 1. The van der Waals surface area contributed by atoms with E-state index >= 15 is 0 Å². The summed E-state index contributed by atoms with van der Waals surface area (Å²) in [5, 5.41) is 6.24. The molecule has 0 saturated carbocycles. The minimum Gasteiger partial charge on any atom is -0.451 e. The summed E-state index contributed by atoms with van der Waals surface area (Å²) in [5.74, 6) is 0.136. The van der Waals surface area contributed by atoms with Gasteiger partial charge in [0.25, 0.3) is 5.91 Å². The van der Waals surface area contributed by atoms with E-state index in [9.17, 15) is 4.79 Å². The molecule has 0 aliphatic heterocycles. The third-order valence-electron chi connectivity index (χ3n) is 5.27. The van der Waals surface area contributed by atoms with Crippen LogP contribution in [-0.4, -0.2) is 5.91 Å². The smallest absolute Gasteiger partial charge is 0.287 e. The molecule has 0 saturated heterocycles. The van der Waals surface area contributed by atoms with Gasteiger partial charge in [0.2, 0.25) is 0 Å². The second-order valence-electron chi connectivity index (χ2n) is 8.38. The van der Waals surface area contributed by atoms with Crippen molar-refractivity contribution in [3.05, 3.63) is 83.6 Å². The molecule has 28 heavy (non-hydrogen) atoms. The second kappa shape index (κ2) is 6.83. The highest BCUT2D eigenvalue weighted by molar-refractivity contribution is 6.08. The number of amides is 1. The molecule has 142 valence electrons. The van der Waals surface area contributed by atoms with Gasteiger partial charge in [0.1, 0.15) is 5.58 Å². The summed E-state index contributed by atoms with van der Waals surface area (Å²) in [7, 11) is 0. The lowest BCUT2D eigenvalue weighted by Crippen LogP contribution is -2.26. The largest absolute Gasteiger partial charge is 0.451 e. The van der Waals surface area contributed by atoms with Crippen molar-refractivity contribution in [1.82, 2.24) is 5.32 Å². The molecule has 3 nitrogen and oxygen atoms in total. The first-order chi connectivity index (χ1) is 13.3. The molecular formula is C25H25NO2. The lowest BCUT2D eigenvalue weighted by molar-refractivity contribution is 0.0914. The van der Waals surface area contributed by atoms with Crippen LogP contribution in [0.3, 0.4) is 0 Å². The first-order valence-electron chi connectivity index (χ1n) is 9.65. The Balaban J connectivity index is 1.57. The predicted octanol–water partition coefficient (Wildman–Crippen LogP) is 6.37. The number of rotatable bonds is 3. The summed E-state index contributed by atoms with van der Waals surface area (Å²) < 4.78 is 5.83. The summed E-state index contributed by atoms with van der Waals surface area (Å²) in [6.45, 7) is 8.57. The van der Waals surface area contributed by atoms with Gasteiger partial charge in [0, 0.05) is 5.39 Å². The number of benzene rings is 3. The average Bonchev–Trinajstić information content (AvgIpc) is 3.12. The average molecular weight is 371 g/mol. The highest BCUT2D eigenvalue weighted by Gasteiger charge is 2.18. The van der Waals surface area contributed by atoms with Crippen molar-refractivity contribution in [1.29, 1.82) is 0 Å². The van der Waals surface area contributed by atoms with Crippen LogP contribution in [0.4, 0.5) is 0 Å². The van der Waals surface area contributed by atoms with Crippen LogP contribution >= 0.6 is 0 Å². The Morgan fingerprint density at radius 1 is 0.929 bits per heavy atom. The molecule has 0 unspecified atom stereocenters. The molecule has 1 atom stereocenters. The van der Waals surface area contributed by atoms with Crippen molar-refractivity contribution >= 4 is 27.6 Å². The Bertz CT molecular complexity index is 1150. The van der Waals surface area contributed by atoms with Gasteiger partial charge in [-0.1, -0.05) is 75.4 Å². The van der Waals surface area contributed by atoms with E-state index in [-0.39, 0.29) is 17.4 Å². The van der Waals surface area contributed by atoms with Crippen molar-refractivity contribution in [3.63, 3.8) is 0 Å². The molecule has 0 radical (unpaired) electrons. The van der Waals surface area contributed by atoms with E-state index < -0.39 is 0 Å². The van der Waals surface area contributed by atoms with E-state index in [1.54, 1.807) is 0 Å². The van der Waals surface area contributed by atoms with E-state index in [2.05, 4.69) is 56.4 Å². The van der Waals surface area contributed by atoms with Crippen molar-refractivity contribution in [3.8, 4) is 0 Å². The topological polar surface area (TPSA) is 42.2 Å². The number of hydrogen-bond acceptors (Lipinski definition) is 2. The van der Waals surface area contributed by atoms with Gasteiger partial charge in [-0.2, -0.15) is 0 Å². The normalized spacial score (nSPS) is 13.0. The molecule has 4 rings (SSSR count). The number of carbonyl (C=O) groups is 1. The summed E-state index contributed by atoms with van der Waals surface area (Å²) in [4.78, 5) is 12.8. The van der Waals surface area contributed by atoms with Crippen molar-refractivity contribution < 1.29 is 9.21 Å². The Labute approximate surface area is 165 Å². The molecule has 1 amide bonds. The van der Waals surface area contributed by atoms with Gasteiger partial charge in [-0.05, 0) is 46.4 Å². The number of nitrogens with one attached hydrogen (secondary N) is 1. The highest BCUT2D eigenvalue weighted by atomic mass is 16.3. The van der Waals surface area contributed by atoms with Crippen molar-refractivity contribution in [2.45, 2.75) is 39.2 Å². The molecular weight excluding hydrogens is 346 g/mol. The minimum absolute atomic E-state index is 0.105. The van der Waals surface area contributed by atoms with Crippen LogP contribution < -0.4 is 5.32 Å². The van der Waals surface area contributed by atoms with Gasteiger partial charge in [0.15, 0.2) is 5.76 Å². The molecule has 0 aliphatic rings. The zero-order valence-electron chi connectivity index (χ0n) is 16.7. The number of fused-ring (bicyclic) bond motifs is 3. The van der Waals surface area contributed by atoms with Crippen molar-refractivity contribution in [2.24, 2.45) is 0 Å². The Morgan fingerprint density at radius 2 is 1.64 bits per heavy atom. The molecule has 0 fully saturated rings.